The summed E-state index contributed by atoms with van der Waals surface area (Å²) in [6.45, 7) is 9.66. The lowest BCUT2D eigenvalue weighted by atomic mass is 9.90. The summed E-state index contributed by atoms with van der Waals surface area (Å²) in [5.74, 6) is -6.24. The second-order valence-electron chi connectivity index (χ2n) is 5.79. The van der Waals surface area contributed by atoms with Gasteiger partial charge in [0.25, 0.3) is 0 Å². The zero-order valence-corrected chi connectivity index (χ0v) is 13.7. The second kappa shape index (κ2) is 7.71. The molecule has 0 bridgehead atoms. The van der Waals surface area contributed by atoms with Crippen LogP contribution in [-0.2, 0) is 19.1 Å². The Morgan fingerprint density at radius 1 is 1.00 bits per heavy atom. The Bertz CT molecular complexity index is 367. The first kappa shape index (κ1) is 19.8. The third-order valence-electron chi connectivity index (χ3n) is 3.62. The van der Waals surface area contributed by atoms with Crippen LogP contribution in [-0.4, -0.2) is 30.1 Å². The third kappa shape index (κ3) is 5.25. The van der Waals surface area contributed by atoms with Gasteiger partial charge in [0.2, 0.25) is 0 Å². The molecule has 0 saturated heterocycles. The normalized spacial score (nSPS) is 15.2. The van der Waals surface area contributed by atoms with Gasteiger partial charge in [0.15, 0.2) is 6.10 Å². The van der Waals surface area contributed by atoms with Crippen LogP contribution in [0.3, 0.4) is 0 Å². The van der Waals surface area contributed by atoms with E-state index in [1.807, 2.05) is 0 Å². The van der Waals surface area contributed by atoms with Gasteiger partial charge in [0.05, 0.1) is 11.5 Å². The van der Waals surface area contributed by atoms with E-state index < -0.39 is 35.5 Å². The first-order valence-electron chi connectivity index (χ1n) is 7.32. The first-order chi connectivity index (χ1) is 9.52. The lowest BCUT2D eigenvalue weighted by Gasteiger charge is -2.29. The number of esters is 2. The van der Waals surface area contributed by atoms with Crippen LogP contribution in [0, 0.1) is 5.41 Å². The Kier molecular flexibility index (Phi) is 7.27. The van der Waals surface area contributed by atoms with E-state index in [2.05, 4.69) is 4.74 Å². The van der Waals surface area contributed by atoms with E-state index in [0.29, 0.717) is 12.8 Å². The molecule has 0 aromatic carbocycles. The van der Waals surface area contributed by atoms with E-state index in [4.69, 9.17) is 4.74 Å². The van der Waals surface area contributed by atoms with Gasteiger partial charge >= 0.3 is 17.9 Å². The highest BCUT2D eigenvalue weighted by Crippen LogP contribution is 2.30. The molecule has 0 saturated carbocycles. The molecule has 0 fully saturated rings. The summed E-state index contributed by atoms with van der Waals surface area (Å²) in [6.07, 6.45) is -1.71. The molecule has 0 aliphatic carbocycles. The van der Waals surface area contributed by atoms with E-state index >= 15 is 0 Å². The highest BCUT2D eigenvalue weighted by atomic mass is 19.3. The molecule has 2 atom stereocenters. The maximum atomic E-state index is 14.1. The van der Waals surface area contributed by atoms with Crippen molar-refractivity contribution in [3.05, 3.63) is 0 Å². The number of carbonyl (C=O) groups excluding carboxylic acids is 2. The molecule has 21 heavy (non-hydrogen) atoms. The van der Waals surface area contributed by atoms with Crippen LogP contribution in [0.2, 0.25) is 0 Å². The number of hydrogen-bond donors (Lipinski definition) is 0. The summed E-state index contributed by atoms with van der Waals surface area (Å²) in [5.41, 5.74) is -0.871. The van der Waals surface area contributed by atoms with Gasteiger partial charge in [-0.2, -0.15) is 8.78 Å². The van der Waals surface area contributed by atoms with Gasteiger partial charge in [-0.1, -0.05) is 20.8 Å². The average Bonchev–Trinajstić information content (AvgIpc) is 2.43. The van der Waals surface area contributed by atoms with E-state index in [9.17, 15) is 18.4 Å². The number of alkyl halides is 2. The van der Waals surface area contributed by atoms with Gasteiger partial charge < -0.3 is 9.47 Å². The Morgan fingerprint density at radius 3 is 1.90 bits per heavy atom. The summed E-state index contributed by atoms with van der Waals surface area (Å²) < 4.78 is 37.7. The van der Waals surface area contributed by atoms with E-state index in [-0.39, 0.29) is 6.42 Å². The molecule has 6 heteroatoms. The molecule has 0 aromatic rings. The lowest BCUT2D eigenvalue weighted by Crippen LogP contribution is -2.47. The molecule has 0 rings (SSSR count). The summed E-state index contributed by atoms with van der Waals surface area (Å²) in [7, 11) is 0. The van der Waals surface area contributed by atoms with Crippen LogP contribution in [0.15, 0.2) is 0 Å². The molecule has 2 unspecified atom stereocenters. The maximum Gasteiger partial charge on any atom is 0.381 e. The van der Waals surface area contributed by atoms with Crippen molar-refractivity contribution in [2.24, 2.45) is 5.41 Å². The fourth-order valence-electron chi connectivity index (χ4n) is 1.32. The summed E-state index contributed by atoms with van der Waals surface area (Å²) in [5, 5.41) is 0. The molecule has 0 spiro atoms. The van der Waals surface area contributed by atoms with Crippen molar-refractivity contribution in [2.75, 3.05) is 0 Å². The zero-order chi connectivity index (χ0) is 16.8. The number of halogens is 2. The Labute approximate surface area is 125 Å². The minimum Gasteiger partial charge on any atom is -0.458 e. The van der Waals surface area contributed by atoms with Gasteiger partial charge in [0, 0.05) is 0 Å². The van der Waals surface area contributed by atoms with Crippen LogP contribution in [0.4, 0.5) is 8.78 Å². The second-order valence-corrected chi connectivity index (χ2v) is 5.79. The van der Waals surface area contributed by atoms with Crippen molar-refractivity contribution in [3.63, 3.8) is 0 Å². The van der Waals surface area contributed by atoms with Crippen LogP contribution in [0.5, 0.6) is 0 Å². The molecule has 0 aliphatic rings. The zero-order valence-electron chi connectivity index (χ0n) is 13.7. The van der Waals surface area contributed by atoms with Crippen molar-refractivity contribution >= 4 is 11.9 Å². The summed E-state index contributed by atoms with van der Waals surface area (Å²) >= 11 is 0. The number of rotatable bonds is 8. The Morgan fingerprint density at radius 2 is 1.52 bits per heavy atom. The molecule has 124 valence electrons. The van der Waals surface area contributed by atoms with E-state index in [1.165, 1.54) is 13.8 Å². The van der Waals surface area contributed by atoms with Crippen molar-refractivity contribution in [3.8, 4) is 0 Å². The van der Waals surface area contributed by atoms with Gasteiger partial charge in [-0.3, -0.25) is 4.79 Å². The summed E-state index contributed by atoms with van der Waals surface area (Å²) in [6, 6.07) is 0. The first-order valence-corrected chi connectivity index (χ1v) is 7.32. The van der Waals surface area contributed by atoms with Crippen molar-refractivity contribution < 1.29 is 27.8 Å². The van der Waals surface area contributed by atoms with Gasteiger partial charge in [-0.15, -0.1) is 0 Å². The van der Waals surface area contributed by atoms with Crippen LogP contribution < -0.4 is 0 Å². The monoisotopic (exact) mass is 308 g/mol. The van der Waals surface area contributed by atoms with E-state index in [1.54, 1.807) is 27.7 Å². The predicted octanol–water partition coefficient (Wildman–Crippen LogP) is 3.72. The molecule has 0 amide bonds. The smallest absolute Gasteiger partial charge is 0.381 e. The minimum atomic E-state index is -3.85. The standard InChI is InChI=1S/C15H26F2O4/c1-7-10(4)20-13(19)15(16,17)11(8-2)21-12(18)14(5,6)9-3/h10-11H,7-9H2,1-6H3. The lowest BCUT2D eigenvalue weighted by molar-refractivity contribution is -0.205. The highest BCUT2D eigenvalue weighted by Gasteiger charge is 2.51. The fourth-order valence-corrected chi connectivity index (χ4v) is 1.32. The number of ether oxygens (including phenoxy) is 2. The van der Waals surface area contributed by atoms with Crippen molar-refractivity contribution in [1.29, 1.82) is 0 Å². The van der Waals surface area contributed by atoms with Crippen LogP contribution >= 0.6 is 0 Å². The number of hydrogen-bond acceptors (Lipinski definition) is 4. The maximum absolute atomic E-state index is 14.1. The minimum absolute atomic E-state index is 0.172. The molecule has 4 nitrogen and oxygen atoms in total. The molecule has 0 aromatic heterocycles. The van der Waals surface area contributed by atoms with Crippen LogP contribution in [0.25, 0.3) is 0 Å². The quantitative estimate of drug-likeness (QED) is 0.641. The molecular formula is C15H26F2O4. The SMILES string of the molecule is CCC(C)OC(=O)C(F)(F)C(CC)OC(=O)C(C)(C)CC. The highest BCUT2D eigenvalue weighted by molar-refractivity contribution is 5.80. The molecular weight excluding hydrogens is 282 g/mol. The van der Waals surface area contributed by atoms with Gasteiger partial charge in [-0.25, -0.2) is 4.79 Å². The Hall–Kier alpha value is -1.20. The molecule has 0 radical (unpaired) electrons. The van der Waals surface area contributed by atoms with Gasteiger partial charge in [0.1, 0.15) is 0 Å². The molecule has 0 heterocycles. The molecule has 0 N–H and O–H groups in total. The van der Waals surface area contributed by atoms with Crippen molar-refractivity contribution in [1.82, 2.24) is 0 Å². The largest absolute Gasteiger partial charge is 0.458 e. The van der Waals surface area contributed by atoms with E-state index in [0.717, 1.165) is 0 Å². The predicted molar refractivity (Wildman–Crippen MR) is 75.0 cm³/mol. The van der Waals surface area contributed by atoms with Gasteiger partial charge in [-0.05, 0) is 40.0 Å². The fraction of sp³-hybridized carbons (Fsp3) is 0.867. The number of carbonyl (C=O) groups is 2. The third-order valence-corrected chi connectivity index (χ3v) is 3.62. The average molecular weight is 308 g/mol. The summed E-state index contributed by atoms with van der Waals surface area (Å²) in [4.78, 5) is 23.5. The van der Waals surface area contributed by atoms with Crippen LogP contribution in [0.1, 0.15) is 60.8 Å². The Balaban J connectivity index is 5.00. The molecule has 0 aliphatic heterocycles. The topological polar surface area (TPSA) is 52.6 Å². The van der Waals surface area contributed by atoms with Crippen molar-refractivity contribution in [2.45, 2.75) is 78.9 Å².